The first-order chi connectivity index (χ1) is 41.5. The number of alkyl halides is 2. The van der Waals surface area contributed by atoms with Gasteiger partial charge in [-0.15, -0.1) is 0 Å². The Morgan fingerprint density at radius 2 is 1.10 bits per heavy atom. The molecule has 0 aromatic carbocycles. The van der Waals surface area contributed by atoms with Crippen LogP contribution in [0.5, 0.6) is 0 Å². The first-order valence-corrected chi connectivity index (χ1v) is 29.3. The normalized spacial score (nSPS) is 26.4. The van der Waals surface area contributed by atoms with Gasteiger partial charge in [0, 0.05) is 24.5 Å². The maximum atomic E-state index is 15.8. The number of hydrogen-bond donors (Lipinski definition) is 6. The summed E-state index contributed by atoms with van der Waals surface area (Å²) in [6.07, 6.45) is -16.5. The van der Waals surface area contributed by atoms with Crippen LogP contribution >= 0.6 is 15.6 Å². The third-order valence-corrected chi connectivity index (χ3v) is 14.3. The maximum absolute atomic E-state index is 15.8. The van der Waals surface area contributed by atoms with Crippen molar-refractivity contribution in [1.82, 2.24) is 19.8 Å². The largest absolute Gasteiger partial charge is 0.510 e. The zero-order chi connectivity index (χ0) is 66.9. The molecule has 2 saturated heterocycles. The van der Waals surface area contributed by atoms with E-state index < -0.39 is 220 Å². The van der Waals surface area contributed by atoms with E-state index in [9.17, 15) is 62.5 Å². The third-order valence-electron chi connectivity index (χ3n) is 11.8. The van der Waals surface area contributed by atoms with Crippen molar-refractivity contribution in [2.45, 2.75) is 153 Å². The average molecular weight is 1330 g/mol. The molecular weight excluding hydrogens is 1260 g/mol. The Hall–Kier alpha value is -6.49. The quantitative estimate of drug-likeness (QED) is 0.0248. The lowest BCUT2D eigenvalue weighted by Gasteiger charge is -2.41. The summed E-state index contributed by atoms with van der Waals surface area (Å²) < 4.78 is 158. The number of nitrogens with zero attached hydrogens (tertiary/aromatic N) is 2. The second-order valence-electron chi connectivity index (χ2n) is 20.4. The van der Waals surface area contributed by atoms with E-state index in [0.29, 0.717) is 4.57 Å². The molecule has 1 aromatic heterocycles. The van der Waals surface area contributed by atoms with E-state index in [4.69, 9.17) is 100 Å². The SMILES string of the molecule is CC(C)OC(=O)OCOP(=O)(OCOC(=O)OC(C)C)OC[C@@]1(CF)O[C@@H](N2C=CC(=O)NC2OCC(C)OC(=O)OCOP(=O)(OCOC(=O)OC(C)C)OC[C@@]2(CF)O[C@@H](n3ccc(=O)[nH]c3=O)[C@](C)(O)[C@@H]2OC(=O)CN)[C@](C)(O)[C@@H]1OC(=O)C(C)N. The van der Waals surface area contributed by atoms with Crippen molar-refractivity contribution in [2.75, 3.05) is 66.9 Å². The van der Waals surface area contributed by atoms with E-state index in [-0.39, 0.29) is 0 Å². The maximum Gasteiger partial charge on any atom is 0.510 e. The highest BCUT2D eigenvalue weighted by atomic mass is 31.2. The molecule has 3 aliphatic heterocycles. The summed E-state index contributed by atoms with van der Waals surface area (Å²) in [6, 6.07) is -0.596. The molecule has 0 spiro atoms. The molecule has 89 heavy (non-hydrogen) atoms. The molecule has 12 atom stereocenters. The highest BCUT2D eigenvalue weighted by molar-refractivity contribution is 7.48. The summed E-state index contributed by atoms with van der Waals surface area (Å²) in [5, 5.41) is 26.2. The summed E-state index contributed by atoms with van der Waals surface area (Å²) in [6.45, 7) is 0.0697. The molecule has 8 N–H and O–H groups in total. The van der Waals surface area contributed by atoms with Gasteiger partial charge in [0.15, 0.2) is 35.9 Å². The molecule has 0 aliphatic carbocycles. The number of nitrogens with one attached hydrogen (secondary N) is 2. The van der Waals surface area contributed by atoms with E-state index >= 15 is 8.78 Å². The molecule has 2 fully saturated rings. The molecule has 4 unspecified atom stereocenters. The van der Waals surface area contributed by atoms with Crippen LogP contribution in [0.3, 0.4) is 0 Å². The molecule has 3 aliphatic rings. The number of rotatable bonds is 33. The van der Waals surface area contributed by atoms with Crippen LogP contribution in [0.15, 0.2) is 34.1 Å². The Morgan fingerprint density at radius 1 is 0.674 bits per heavy atom. The Morgan fingerprint density at radius 3 is 1.52 bits per heavy atom. The number of phosphoric acid groups is 2. The zero-order valence-corrected chi connectivity index (χ0v) is 51.3. The molecule has 4 rings (SSSR count). The van der Waals surface area contributed by atoms with Gasteiger partial charge in [-0.25, -0.2) is 60.0 Å². The van der Waals surface area contributed by atoms with Crippen molar-refractivity contribution < 1.29 is 150 Å². The molecule has 1 aromatic rings. The number of hydrogen-bond acceptors (Lipinski definition) is 35. The fourth-order valence-corrected chi connectivity index (χ4v) is 9.83. The minimum atomic E-state index is -5.37. The topological polar surface area (TPSA) is 492 Å². The number of aromatic nitrogens is 2. The van der Waals surface area contributed by atoms with Gasteiger partial charge in [-0.3, -0.25) is 37.8 Å². The van der Waals surface area contributed by atoms with Gasteiger partial charge in [-0.2, -0.15) is 0 Å². The number of esters is 2. The van der Waals surface area contributed by atoms with Gasteiger partial charge in [-0.1, -0.05) is 0 Å². The van der Waals surface area contributed by atoms with Crippen LogP contribution in [0.25, 0.3) is 0 Å². The second-order valence-corrected chi connectivity index (χ2v) is 23.7. The molecule has 0 saturated carbocycles. The van der Waals surface area contributed by atoms with Gasteiger partial charge in [-0.05, 0) is 69.2 Å². The third kappa shape index (κ3) is 21.0. The fourth-order valence-electron chi connectivity index (χ4n) is 7.90. The zero-order valence-electron chi connectivity index (χ0n) is 49.5. The minimum Gasteiger partial charge on any atom is -0.455 e. The van der Waals surface area contributed by atoms with Gasteiger partial charge >= 0.3 is 57.9 Å². The molecule has 506 valence electrons. The number of nitrogens with two attached hydrogens (primary N) is 2. The van der Waals surface area contributed by atoms with Gasteiger partial charge < -0.3 is 93.5 Å². The molecule has 0 radical (unpaired) electrons. The Kier molecular flexibility index (Phi) is 27.4. The number of ether oxygens (including phenoxy) is 13. The Labute approximate surface area is 504 Å². The van der Waals surface area contributed by atoms with Crippen molar-refractivity contribution in [3.63, 3.8) is 0 Å². The number of amides is 1. The predicted molar refractivity (Wildman–Crippen MR) is 282 cm³/mol. The molecule has 4 heterocycles. The number of aliphatic hydroxyl groups is 2. The standard InChI is InChI=1S/C47H72F2N6O32P2/c1-25(2)80-40(61)70-21-76-88(67,74-19-46(17-48)34(84-32(58)15-50)44(9,65)36(86-46)54-13-11-30(56)52-38(54)60)79-24-73-43(64)83-28(7)16-69-39-53-31(57)12-14-55(39)37-45(10,66)35(85-33(59)29(8)51)47(18-49,87-37)20-75-89(68,77-22-71-41(62)81-26(3)4)78-23-72-42(63)82-27(5)6/h11-14,25-29,34-37,39,65-66H,15-24,50-51H2,1-10H3,(H,53,57)(H,52,56,60)/t28?,29?,34-,35-,36+,37+,39?,44+,45+,46+,47+,88?/m0/s1. The van der Waals surface area contributed by atoms with E-state index in [1.54, 1.807) is 0 Å². The summed E-state index contributed by atoms with van der Waals surface area (Å²) in [5.74, 6) is -3.35. The number of H-pyrrole nitrogens is 1. The van der Waals surface area contributed by atoms with Crippen molar-refractivity contribution in [3.8, 4) is 0 Å². The monoisotopic (exact) mass is 1330 g/mol. The fraction of sp³-hybridized carbons (Fsp3) is 0.723. The first-order valence-electron chi connectivity index (χ1n) is 26.4. The predicted octanol–water partition coefficient (Wildman–Crippen LogP) is 1.09. The highest BCUT2D eigenvalue weighted by Crippen LogP contribution is 2.55. The lowest BCUT2D eigenvalue weighted by Crippen LogP contribution is -2.61. The first kappa shape index (κ1) is 75.0. The lowest BCUT2D eigenvalue weighted by molar-refractivity contribution is -0.206. The van der Waals surface area contributed by atoms with Crippen LogP contribution in [0, 0.1) is 0 Å². The number of carbonyl (C=O) groups is 7. The van der Waals surface area contributed by atoms with Gasteiger partial charge in [0.05, 0.1) is 44.7 Å². The van der Waals surface area contributed by atoms with E-state index in [1.165, 1.54) is 55.4 Å². The van der Waals surface area contributed by atoms with E-state index in [0.717, 1.165) is 43.3 Å². The van der Waals surface area contributed by atoms with Gasteiger partial charge in [0.25, 0.3) is 5.56 Å². The van der Waals surface area contributed by atoms with Crippen molar-refractivity contribution in [1.29, 1.82) is 0 Å². The number of phosphoric ester groups is 2. The molecular formula is C47H72F2N6O32P2. The summed E-state index contributed by atoms with van der Waals surface area (Å²) >= 11 is 0. The van der Waals surface area contributed by atoms with E-state index in [2.05, 4.69) is 5.32 Å². The van der Waals surface area contributed by atoms with Crippen LogP contribution in [-0.2, 0) is 112 Å². The van der Waals surface area contributed by atoms with Crippen molar-refractivity contribution in [2.24, 2.45) is 11.5 Å². The minimum absolute atomic E-state index is 0.599. The van der Waals surface area contributed by atoms with Crippen LogP contribution in [0.2, 0.25) is 0 Å². The van der Waals surface area contributed by atoms with Crippen LogP contribution in [0.1, 0.15) is 75.5 Å². The van der Waals surface area contributed by atoms with Crippen molar-refractivity contribution in [3.05, 3.63) is 45.4 Å². The molecule has 42 heteroatoms. The van der Waals surface area contributed by atoms with Crippen LogP contribution in [0.4, 0.5) is 28.0 Å². The van der Waals surface area contributed by atoms with Gasteiger partial charge in [0.2, 0.25) is 39.4 Å². The molecule has 0 bridgehead atoms. The summed E-state index contributed by atoms with van der Waals surface area (Å²) in [4.78, 5) is 115. The number of aromatic amines is 1. The smallest absolute Gasteiger partial charge is 0.455 e. The highest BCUT2D eigenvalue weighted by Gasteiger charge is 2.68. The van der Waals surface area contributed by atoms with Crippen LogP contribution in [-0.4, -0.2) is 212 Å². The van der Waals surface area contributed by atoms with E-state index in [1.807, 2.05) is 4.98 Å². The number of halogens is 2. The van der Waals surface area contributed by atoms with Crippen LogP contribution < -0.4 is 28.0 Å². The Balaban J connectivity index is 1.53. The van der Waals surface area contributed by atoms with Crippen molar-refractivity contribution >= 4 is 58.1 Å². The molecule has 38 nitrogen and oxygen atoms in total. The summed E-state index contributed by atoms with van der Waals surface area (Å²) in [5.41, 5.74) is -1.62. The number of carbonyl (C=O) groups excluding carboxylic acids is 7. The second kappa shape index (κ2) is 32.5. The average Bonchev–Trinajstić information content (AvgIpc) is 1.60. The summed E-state index contributed by atoms with van der Waals surface area (Å²) in [7, 11) is -10.6. The Bertz CT molecular complexity index is 2830. The molecule has 1 amide bonds. The van der Waals surface area contributed by atoms with Gasteiger partial charge in [0.1, 0.15) is 36.7 Å². The lowest BCUT2D eigenvalue weighted by atomic mass is 9.88.